The molecule has 0 aliphatic carbocycles. The van der Waals surface area contributed by atoms with E-state index in [0.29, 0.717) is 31.1 Å². The predicted octanol–water partition coefficient (Wildman–Crippen LogP) is 3.44. The molecule has 1 aromatic heterocycles. The second-order valence-electron chi connectivity index (χ2n) is 5.69. The molecule has 1 unspecified atom stereocenters. The number of aryl methyl sites for hydroxylation is 1. The van der Waals surface area contributed by atoms with Crippen molar-refractivity contribution in [2.45, 2.75) is 19.6 Å². The van der Waals surface area contributed by atoms with Crippen molar-refractivity contribution in [1.29, 1.82) is 5.26 Å². The average molecular weight is 345 g/mol. The molecular weight excluding hydrogens is 328 g/mol. The van der Waals surface area contributed by atoms with Gasteiger partial charge in [-0.1, -0.05) is 12.1 Å². The molecule has 2 aromatic rings. The molecule has 1 fully saturated rings. The second-order valence-corrected chi connectivity index (χ2v) is 5.69. The van der Waals surface area contributed by atoms with Crippen molar-refractivity contribution in [3.05, 3.63) is 53.2 Å². The minimum atomic E-state index is -2.84. The maximum Gasteiger partial charge on any atom is 0.387 e. The number of pyridine rings is 1. The fraction of sp³-hybridized carbons (Fsp3) is 0.333. The molecule has 1 atom stereocenters. The van der Waals surface area contributed by atoms with Crippen molar-refractivity contribution in [3.63, 3.8) is 0 Å². The van der Waals surface area contributed by atoms with Crippen LogP contribution >= 0.6 is 0 Å². The van der Waals surface area contributed by atoms with Gasteiger partial charge in [-0.2, -0.15) is 14.0 Å². The molecule has 1 aliphatic rings. The van der Waals surface area contributed by atoms with Crippen LogP contribution in [0, 0.1) is 18.3 Å². The standard InChI is InChI=1S/C18H17F2N3O2/c1-12-6-7-22-17(15(12)10-21)23-8-9-24-16(11-23)13-2-4-14(5-3-13)25-18(19)20/h2-7,16,18H,8-9,11H2,1H3. The van der Waals surface area contributed by atoms with E-state index in [1.807, 2.05) is 17.9 Å². The molecule has 25 heavy (non-hydrogen) atoms. The van der Waals surface area contributed by atoms with E-state index in [0.717, 1.165) is 11.1 Å². The van der Waals surface area contributed by atoms with E-state index in [2.05, 4.69) is 15.8 Å². The van der Waals surface area contributed by atoms with E-state index in [1.165, 1.54) is 12.1 Å². The number of morpholine rings is 1. The number of nitrogens with zero attached hydrogens (tertiary/aromatic N) is 3. The van der Waals surface area contributed by atoms with Crippen molar-refractivity contribution in [2.75, 3.05) is 24.6 Å². The van der Waals surface area contributed by atoms with Crippen LogP contribution < -0.4 is 9.64 Å². The molecule has 0 amide bonds. The largest absolute Gasteiger partial charge is 0.435 e. The van der Waals surface area contributed by atoms with Gasteiger partial charge in [0.05, 0.1) is 12.2 Å². The Morgan fingerprint density at radius 2 is 2.08 bits per heavy atom. The normalized spacial score (nSPS) is 17.4. The van der Waals surface area contributed by atoms with Crippen LogP contribution in [0.4, 0.5) is 14.6 Å². The van der Waals surface area contributed by atoms with E-state index in [1.54, 1.807) is 18.3 Å². The number of rotatable bonds is 4. The summed E-state index contributed by atoms with van der Waals surface area (Å²) in [5.74, 6) is 0.756. The van der Waals surface area contributed by atoms with Crippen LogP contribution in [0.25, 0.3) is 0 Å². The van der Waals surface area contributed by atoms with Gasteiger partial charge in [-0.15, -0.1) is 0 Å². The number of benzene rings is 1. The Bertz CT molecular complexity index is 775. The lowest BCUT2D eigenvalue weighted by atomic mass is 10.1. The Hall–Kier alpha value is -2.72. The number of alkyl halides is 2. The molecule has 7 heteroatoms. The van der Waals surface area contributed by atoms with Crippen LogP contribution in [0.5, 0.6) is 5.75 Å². The molecular formula is C18H17F2N3O2. The number of nitriles is 1. The van der Waals surface area contributed by atoms with Gasteiger partial charge in [-0.25, -0.2) is 4.98 Å². The maximum atomic E-state index is 12.2. The van der Waals surface area contributed by atoms with Crippen LogP contribution in [0.15, 0.2) is 36.5 Å². The summed E-state index contributed by atoms with van der Waals surface area (Å²) in [6.45, 7) is 0.683. The smallest absolute Gasteiger partial charge is 0.387 e. The van der Waals surface area contributed by atoms with Gasteiger partial charge < -0.3 is 14.4 Å². The third-order valence-electron chi connectivity index (χ3n) is 4.09. The fourth-order valence-corrected chi connectivity index (χ4v) is 2.83. The number of hydrogen-bond donors (Lipinski definition) is 0. The Kier molecular flexibility index (Phi) is 5.10. The SMILES string of the molecule is Cc1ccnc(N2CCOC(c3ccc(OC(F)F)cc3)C2)c1C#N. The average Bonchev–Trinajstić information content (AvgIpc) is 2.62. The zero-order valence-corrected chi connectivity index (χ0v) is 13.7. The number of hydrogen-bond acceptors (Lipinski definition) is 5. The van der Waals surface area contributed by atoms with Crippen molar-refractivity contribution < 1.29 is 18.3 Å². The first-order valence-electron chi connectivity index (χ1n) is 7.85. The van der Waals surface area contributed by atoms with Crippen LogP contribution in [0.2, 0.25) is 0 Å². The molecule has 1 aromatic carbocycles. The first-order chi connectivity index (χ1) is 12.1. The van der Waals surface area contributed by atoms with Crippen molar-refractivity contribution in [1.82, 2.24) is 4.98 Å². The second kappa shape index (κ2) is 7.45. The summed E-state index contributed by atoms with van der Waals surface area (Å²) < 4.78 is 34.6. The summed E-state index contributed by atoms with van der Waals surface area (Å²) in [5.41, 5.74) is 2.30. The van der Waals surface area contributed by atoms with E-state index in [4.69, 9.17) is 4.74 Å². The predicted molar refractivity (Wildman–Crippen MR) is 87.7 cm³/mol. The molecule has 0 spiro atoms. The Morgan fingerprint density at radius 1 is 1.32 bits per heavy atom. The minimum Gasteiger partial charge on any atom is -0.435 e. The third kappa shape index (κ3) is 3.86. The van der Waals surface area contributed by atoms with Crippen LogP contribution in [-0.2, 0) is 4.74 Å². The number of aromatic nitrogens is 1. The first kappa shape index (κ1) is 17.1. The summed E-state index contributed by atoms with van der Waals surface area (Å²) in [6, 6.07) is 10.4. The zero-order chi connectivity index (χ0) is 17.8. The minimum absolute atomic E-state index is 0.110. The molecule has 0 N–H and O–H groups in total. The quantitative estimate of drug-likeness (QED) is 0.850. The van der Waals surface area contributed by atoms with E-state index >= 15 is 0 Å². The number of anilines is 1. The zero-order valence-electron chi connectivity index (χ0n) is 13.7. The fourth-order valence-electron chi connectivity index (χ4n) is 2.83. The molecule has 130 valence electrons. The van der Waals surface area contributed by atoms with Crippen LogP contribution in [0.1, 0.15) is 22.8 Å². The van der Waals surface area contributed by atoms with Crippen LogP contribution in [-0.4, -0.2) is 31.3 Å². The maximum absolute atomic E-state index is 12.2. The summed E-state index contributed by atoms with van der Waals surface area (Å²) in [6.07, 6.45) is 1.45. The highest BCUT2D eigenvalue weighted by molar-refractivity contribution is 5.57. The van der Waals surface area contributed by atoms with Gasteiger partial charge in [0.1, 0.15) is 23.7 Å². The molecule has 5 nitrogen and oxygen atoms in total. The Morgan fingerprint density at radius 3 is 2.76 bits per heavy atom. The molecule has 0 radical (unpaired) electrons. The molecule has 0 bridgehead atoms. The van der Waals surface area contributed by atoms with Crippen molar-refractivity contribution >= 4 is 5.82 Å². The van der Waals surface area contributed by atoms with Crippen molar-refractivity contribution in [3.8, 4) is 11.8 Å². The molecule has 1 saturated heterocycles. The highest BCUT2D eigenvalue weighted by Gasteiger charge is 2.25. The van der Waals surface area contributed by atoms with Gasteiger partial charge in [-0.05, 0) is 36.2 Å². The summed E-state index contributed by atoms with van der Waals surface area (Å²) in [7, 11) is 0. The van der Waals surface area contributed by atoms with E-state index < -0.39 is 6.61 Å². The van der Waals surface area contributed by atoms with Crippen LogP contribution in [0.3, 0.4) is 0 Å². The summed E-state index contributed by atoms with van der Waals surface area (Å²) in [4.78, 5) is 6.37. The molecule has 1 aliphatic heterocycles. The van der Waals surface area contributed by atoms with E-state index in [-0.39, 0.29) is 11.9 Å². The summed E-state index contributed by atoms with van der Waals surface area (Å²) >= 11 is 0. The van der Waals surface area contributed by atoms with Gasteiger partial charge in [0.2, 0.25) is 0 Å². The molecule has 3 rings (SSSR count). The van der Waals surface area contributed by atoms with Gasteiger partial charge in [-0.3, -0.25) is 0 Å². The van der Waals surface area contributed by atoms with Gasteiger partial charge in [0.25, 0.3) is 0 Å². The van der Waals surface area contributed by atoms with Gasteiger partial charge in [0.15, 0.2) is 0 Å². The summed E-state index contributed by atoms with van der Waals surface area (Å²) in [5, 5.41) is 9.39. The van der Waals surface area contributed by atoms with E-state index in [9.17, 15) is 14.0 Å². The Labute approximate surface area is 144 Å². The number of halogens is 2. The Balaban J connectivity index is 1.78. The molecule has 0 saturated carbocycles. The monoisotopic (exact) mass is 345 g/mol. The first-order valence-corrected chi connectivity index (χ1v) is 7.85. The highest BCUT2D eigenvalue weighted by atomic mass is 19.3. The lowest BCUT2D eigenvalue weighted by Gasteiger charge is -2.34. The number of ether oxygens (including phenoxy) is 2. The molecule has 2 heterocycles. The lowest BCUT2D eigenvalue weighted by molar-refractivity contribution is -0.0498. The van der Waals surface area contributed by atoms with Gasteiger partial charge >= 0.3 is 6.61 Å². The highest BCUT2D eigenvalue weighted by Crippen LogP contribution is 2.29. The topological polar surface area (TPSA) is 58.4 Å². The third-order valence-corrected chi connectivity index (χ3v) is 4.09. The van der Waals surface area contributed by atoms with Crippen molar-refractivity contribution in [2.24, 2.45) is 0 Å². The van der Waals surface area contributed by atoms with Gasteiger partial charge in [0, 0.05) is 19.3 Å². The lowest BCUT2D eigenvalue weighted by Crippen LogP contribution is -2.39.